The minimum absolute atomic E-state index is 0.0793. The lowest BCUT2D eigenvalue weighted by molar-refractivity contribution is -0.220. The molecule has 0 amide bonds. The van der Waals surface area contributed by atoms with Crippen molar-refractivity contribution in [2.45, 2.75) is 198 Å². The van der Waals surface area contributed by atoms with E-state index in [2.05, 4.69) is 62.5 Å². The summed E-state index contributed by atoms with van der Waals surface area (Å²) in [4.78, 5) is 35.5. The first-order valence-corrected chi connectivity index (χ1v) is 22.9. The molecular weight excluding hydrogens is 755 g/mol. The number of phosphoric acid groups is 1. The molecule has 330 valence electrons. The number of esters is 2. The zero-order chi connectivity index (χ0) is 42.2. The van der Waals surface area contributed by atoms with E-state index in [1.165, 1.54) is 32.1 Å². The van der Waals surface area contributed by atoms with Crippen LogP contribution in [0.4, 0.5) is 0 Å². The first-order valence-electron chi connectivity index (χ1n) is 21.4. The summed E-state index contributed by atoms with van der Waals surface area (Å²) in [6, 6.07) is 0. The number of hydrogen-bond acceptors (Lipinski definition) is 12. The molecule has 1 aliphatic carbocycles. The highest BCUT2D eigenvalue weighted by molar-refractivity contribution is 7.47. The van der Waals surface area contributed by atoms with Crippen LogP contribution in [0.5, 0.6) is 0 Å². The lowest BCUT2D eigenvalue weighted by Gasteiger charge is -2.41. The monoisotopic (exact) mass is 830 g/mol. The first-order chi connectivity index (χ1) is 27.4. The van der Waals surface area contributed by atoms with E-state index >= 15 is 0 Å². The summed E-state index contributed by atoms with van der Waals surface area (Å²) in [5, 5.41) is 50.0. The molecule has 1 aliphatic rings. The van der Waals surface area contributed by atoms with Gasteiger partial charge in [-0.2, -0.15) is 0 Å². The van der Waals surface area contributed by atoms with Crippen LogP contribution in [0.15, 0.2) is 48.6 Å². The van der Waals surface area contributed by atoms with Crippen molar-refractivity contribution < 1.29 is 63.1 Å². The summed E-state index contributed by atoms with van der Waals surface area (Å²) < 4.78 is 33.4. The maximum absolute atomic E-state index is 12.8. The Bertz CT molecular complexity index is 1190. The Hall–Kier alpha value is -2.19. The molecule has 0 saturated heterocycles. The zero-order valence-electron chi connectivity index (χ0n) is 34.6. The smallest absolute Gasteiger partial charge is 0.462 e. The fourth-order valence-electron chi connectivity index (χ4n) is 6.10. The molecule has 0 spiro atoms. The number of aliphatic hydroxyl groups is 5. The molecule has 1 saturated carbocycles. The van der Waals surface area contributed by atoms with Crippen molar-refractivity contribution in [2.24, 2.45) is 0 Å². The highest BCUT2D eigenvalue weighted by Crippen LogP contribution is 2.47. The maximum Gasteiger partial charge on any atom is 0.472 e. The number of hydrogen-bond donors (Lipinski definition) is 6. The molecule has 0 aromatic rings. The van der Waals surface area contributed by atoms with Gasteiger partial charge in [0.2, 0.25) is 0 Å². The first kappa shape index (κ1) is 52.8. The van der Waals surface area contributed by atoms with Gasteiger partial charge in [0.1, 0.15) is 43.2 Å². The van der Waals surface area contributed by atoms with Crippen molar-refractivity contribution in [2.75, 3.05) is 13.2 Å². The van der Waals surface area contributed by atoms with Crippen LogP contribution in [0.25, 0.3) is 0 Å². The molecule has 6 N–H and O–H groups in total. The maximum atomic E-state index is 12.8. The number of carbonyl (C=O) groups is 2. The van der Waals surface area contributed by atoms with Crippen molar-refractivity contribution in [3.63, 3.8) is 0 Å². The molecular formula is C43H75O13P. The summed E-state index contributed by atoms with van der Waals surface area (Å²) >= 11 is 0. The highest BCUT2D eigenvalue weighted by Gasteiger charge is 2.51. The van der Waals surface area contributed by atoms with E-state index in [9.17, 15) is 44.6 Å². The van der Waals surface area contributed by atoms with E-state index in [0.717, 1.165) is 83.5 Å². The number of aliphatic hydroxyl groups excluding tert-OH is 5. The average Bonchev–Trinajstić information content (AvgIpc) is 3.19. The molecule has 1 fully saturated rings. The summed E-state index contributed by atoms with van der Waals surface area (Å²) in [6.07, 6.45) is 24.6. The third-order valence-corrected chi connectivity index (χ3v) is 10.6. The Balaban J connectivity index is 2.50. The lowest BCUT2D eigenvalue weighted by atomic mass is 9.85. The largest absolute Gasteiger partial charge is 0.472 e. The van der Waals surface area contributed by atoms with Crippen molar-refractivity contribution in [3.05, 3.63) is 48.6 Å². The van der Waals surface area contributed by atoms with E-state index in [0.29, 0.717) is 12.8 Å². The molecule has 0 radical (unpaired) electrons. The molecule has 6 unspecified atom stereocenters. The predicted molar refractivity (Wildman–Crippen MR) is 221 cm³/mol. The number of rotatable bonds is 34. The standard InChI is InChI=1S/C43H75O13P/c1-3-5-7-9-11-13-15-16-17-18-19-20-22-23-25-27-29-31-36(44)53-33-35(55-37(45)32-30-28-26-24-21-14-12-10-8-6-4-2)34-54-57(51,52)56-43-41(49)39(47)38(46)40(48)42(43)50/h10-13,16-17,19-20,35,38-43,46-50H,3-9,14-15,18,21-34H2,1-2H3,(H,51,52)/b12-10-,13-11-,17-16-,20-19-/t35-,38?,39-,40?,41?,42?,43?/m1/s1. The minimum Gasteiger partial charge on any atom is -0.462 e. The molecule has 0 aromatic carbocycles. The number of ether oxygens (including phenoxy) is 2. The normalized spacial score (nSPS) is 23.2. The second kappa shape index (κ2) is 33.6. The number of unbranched alkanes of at least 4 members (excludes halogenated alkanes) is 14. The second-order valence-electron chi connectivity index (χ2n) is 14.8. The zero-order valence-corrected chi connectivity index (χ0v) is 35.5. The molecule has 57 heavy (non-hydrogen) atoms. The Morgan fingerprint density at radius 1 is 0.544 bits per heavy atom. The van der Waals surface area contributed by atoms with Gasteiger partial charge < -0.3 is 39.9 Å². The summed E-state index contributed by atoms with van der Waals surface area (Å²) in [7, 11) is -5.12. The van der Waals surface area contributed by atoms with Gasteiger partial charge in [-0.15, -0.1) is 0 Å². The van der Waals surface area contributed by atoms with Crippen LogP contribution < -0.4 is 0 Å². The third kappa shape index (κ3) is 26.5. The predicted octanol–water partition coefficient (Wildman–Crippen LogP) is 7.61. The van der Waals surface area contributed by atoms with Crippen LogP contribution in [0, 0.1) is 0 Å². The van der Waals surface area contributed by atoms with Crippen LogP contribution in [0.2, 0.25) is 0 Å². The average molecular weight is 831 g/mol. The topological polar surface area (TPSA) is 210 Å². The molecule has 0 heterocycles. The number of carbonyl (C=O) groups excluding carboxylic acids is 2. The molecule has 0 aromatic heterocycles. The van der Waals surface area contributed by atoms with E-state index in [1.54, 1.807) is 0 Å². The van der Waals surface area contributed by atoms with Crippen molar-refractivity contribution in [1.29, 1.82) is 0 Å². The van der Waals surface area contributed by atoms with Crippen LogP contribution in [-0.4, -0.2) is 98.3 Å². The van der Waals surface area contributed by atoms with Gasteiger partial charge in [-0.1, -0.05) is 120 Å². The Morgan fingerprint density at radius 3 is 1.51 bits per heavy atom. The highest BCUT2D eigenvalue weighted by atomic mass is 31.2. The van der Waals surface area contributed by atoms with Crippen molar-refractivity contribution >= 4 is 19.8 Å². The van der Waals surface area contributed by atoms with E-state index < -0.39 is 75.7 Å². The quantitative estimate of drug-likeness (QED) is 0.0160. The fraction of sp³-hybridized carbons (Fsp3) is 0.767. The van der Waals surface area contributed by atoms with Gasteiger partial charge in [-0.05, 0) is 70.6 Å². The third-order valence-electron chi connectivity index (χ3n) is 9.64. The second-order valence-corrected chi connectivity index (χ2v) is 16.2. The molecule has 0 bridgehead atoms. The van der Waals surface area contributed by atoms with E-state index in [4.69, 9.17) is 18.5 Å². The van der Waals surface area contributed by atoms with Gasteiger partial charge >= 0.3 is 19.8 Å². The van der Waals surface area contributed by atoms with Gasteiger partial charge in [0.25, 0.3) is 0 Å². The number of phosphoric ester groups is 1. The molecule has 0 aliphatic heterocycles. The Morgan fingerprint density at radius 2 is 0.965 bits per heavy atom. The SMILES string of the molecule is CCCC/C=C\CCCCCCCC(=O)O[C@H](COC(=O)CCCCCC/C=C\C/C=C\C/C=C\CCCCC)COP(=O)(O)OC1C(O)C(O)C(O)[C@@H](O)C1O. The van der Waals surface area contributed by atoms with Crippen LogP contribution >= 0.6 is 7.82 Å². The summed E-state index contributed by atoms with van der Waals surface area (Å²) in [5.74, 6) is -1.14. The van der Waals surface area contributed by atoms with Crippen molar-refractivity contribution in [1.82, 2.24) is 0 Å². The number of allylic oxidation sites excluding steroid dienone is 8. The van der Waals surface area contributed by atoms with Gasteiger partial charge in [-0.25, -0.2) is 4.57 Å². The van der Waals surface area contributed by atoms with Crippen molar-refractivity contribution in [3.8, 4) is 0 Å². The van der Waals surface area contributed by atoms with Crippen LogP contribution in [0.3, 0.4) is 0 Å². The van der Waals surface area contributed by atoms with E-state index in [1.807, 2.05) is 0 Å². The molecule has 13 nitrogen and oxygen atoms in total. The van der Waals surface area contributed by atoms with Crippen LogP contribution in [0.1, 0.15) is 155 Å². The van der Waals surface area contributed by atoms with Gasteiger partial charge in [0.05, 0.1) is 6.61 Å². The molecule has 1 rings (SSSR count). The fourth-order valence-corrected chi connectivity index (χ4v) is 7.07. The van der Waals surface area contributed by atoms with Crippen LogP contribution in [-0.2, 0) is 32.7 Å². The van der Waals surface area contributed by atoms with Gasteiger partial charge in [0.15, 0.2) is 6.10 Å². The van der Waals surface area contributed by atoms with Gasteiger partial charge in [-0.3, -0.25) is 18.6 Å². The molecule has 14 heteroatoms. The summed E-state index contributed by atoms with van der Waals surface area (Å²) in [5.41, 5.74) is 0. The Kier molecular flexibility index (Phi) is 31.2. The lowest BCUT2D eigenvalue weighted by Crippen LogP contribution is -2.64. The Labute approximate surface area is 341 Å². The van der Waals surface area contributed by atoms with Gasteiger partial charge in [0, 0.05) is 12.8 Å². The minimum atomic E-state index is -5.12. The summed E-state index contributed by atoms with van der Waals surface area (Å²) in [6.45, 7) is 3.18. The molecule has 8 atom stereocenters. The van der Waals surface area contributed by atoms with E-state index in [-0.39, 0.29) is 12.8 Å².